The van der Waals surface area contributed by atoms with Crippen LogP contribution >= 0.6 is 11.6 Å². The summed E-state index contributed by atoms with van der Waals surface area (Å²) in [5.41, 5.74) is 0.588. The van der Waals surface area contributed by atoms with Gasteiger partial charge in [-0.3, -0.25) is 9.78 Å². The Balaban J connectivity index is 1.83. The number of morpholine rings is 1. The Hall–Kier alpha value is -1.69. The van der Waals surface area contributed by atoms with Gasteiger partial charge in [-0.25, -0.2) is 0 Å². The molecule has 6 heteroatoms. The van der Waals surface area contributed by atoms with Crippen molar-refractivity contribution in [1.29, 1.82) is 0 Å². The third-order valence-corrected chi connectivity index (χ3v) is 3.64. The second-order valence-electron chi connectivity index (χ2n) is 4.58. The molecule has 1 amide bonds. The molecule has 1 unspecified atom stereocenters. The summed E-state index contributed by atoms with van der Waals surface area (Å²) in [4.78, 5) is 16.2. The summed E-state index contributed by atoms with van der Waals surface area (Å²) >= 11 is 6.33. The van der Waals surface area contributed by atoms with Crippen molar-refractivity contribution in [3.05, 3.63) is 35.6 Å². The number of anilines is 1. The van der Waals surface area contributed by atoms with Crippen LogP contribution in [0.1, 0.15) is 0 Å². The van der Waals surface area contributed by atoms with Crippen LogP contribution in [0.5, 0.6) is 0 Å². The first-order valence-electron chi connectivity index (χ1n) is 6.41. The van der Waals surface area contributed by atoms with E-state index in [0.29, 0.717) is 23.9 Å². The highest BCUT2D eigenvalue weighted by atomic mass is 35.5. The first-order valence-corrected chi connectivity index (χ1v) is 6.79. The lowest BCUT2D eigenvalue weighted by molar-refractivity contribution is -0.128. The zero-order valence-electron chi connectivity index (χ0n) is 10.7. The van der Waals surface area contributed by atoms with Crippen LogP contribution in [0.3, 0.4) is 0 Å². The van der Waals surface area contributed by atoms with Gasteiger partial charge in [0.1, 0.15) is 6.10 Å². The van der Waals surface area contributed by atoms with Crippen LogP contribution < -0.4 is 10.6 Å². The molecule has 1 saturated heterocycles. The zero-order valence-corrected chi connectivity index (χ0v) is 11.5. The van der Waals surface area contributed by atoms with Crippen LogP contribution in [0.2, 0.25) is 5.02 Å². The zero-order chi connectivity index (χ0) is 13.9. The number of amides is 1. The highest BCUT2D eigenvalue weighted by Gasteiger charge is 2.22. The van der Waals surface area contributed by atoms with Crippen LogP contribution in [-0.4, -0.2) is 36.7 Å². The number of hydrogen-bond donors (Lipinski definition) is 2. The maximum Gasteiger partial charge on any atom is 0.254 e. The van der Waals surface area contributed by atoms with E-state index in [1.54, 1.807) is 18.5 Å². The number of fused-ring (bicyclic) bond motifs is 1. The van der Waals surface area contributed by atoms with Gasteiger partial charge in [-0.1, -0.05) is 17.7 Å². The third-order valence-electron chi connectivity index (χ3n) is 3.23. The lowest BCUT2D eigenvalue weighted by Crippen LogP contribution is -2.45. The minimum atomic E-state index is -0.479. The van der Waals surface area contributed by atoms with Gasteiger partial charge in [-0.15, -0.1) is 0 Å². The maximum atomic E-state index is 12.1. The predicted molar refractivity (Wildman–Crippen MR) is 78.0 cm³/mol. The van der Waals surface area contributed by atoms with Gasteiger partial charge in [-0.05, 0) is 12.1 Å². The molecule has 2 heterocycles. The molecule has 1 fully saturated rings. The number of benzene rings is 1. The van der Waals surface area contributed by atoms with Gasteiger partial charge in [0.2, 0.25) is 0 Å². The molecule has 1 atom stereocenters. The number of nitrogens with one attached hydrogen (secondary N) is 2. The molecule has 3 rings (SSSR count). The largest absolute Gasteiger partial charge is 0.366 e. The van der Waals surface area contributed by atoms with Gasteiger partial charge >= 0.3 is 0 Å². The molecule has 1 aliphatic heterocycles. The molecule has 104 valence electrons. The predicted octanol–water partition coefficient (Wildman–Crippen LogP) is 1.82. The van der Waals surface area contributed by atoms with E-state index in [4.69, 9.17) is 16.3 Å². The van der Waals surface area contributed by atoms with E-state index in [1.165, 1.54) is 0 Å². The normalized spacial score (nSPS) is 18.9. The fourth-order valence-corrected chi connectivity index (χ4v) is 2.46. The average Bonchev–Trinajstić information content (AvgIpc) is 2.51. The van der Waals surface area contributed by atoms with Crippen molar-refractivity contribution in [3.8, 4) is 0 Å². The molecule has 1 aromatic heterocycles. The quantitative estimate of drug-likeness (QED) is 0.886. The molecule has 0 saturated carbocycles. The van der Waals surface area contributed by atoms with Gasteiger partial charge in [0, 0.05) is 36.3 Å². The summed E-state index contributed by atoms with van der Waals surface area (Å²) in [6.45, 7) is 1.82. The highest BCUT2D eigenvalue weighted by Crippen LogP contribution is 2.30. The second-order valence-corrected chi connectivity index (χ2v) is 4.95. The molecular formula is C14H14ClN3O2. The molecule has 2 aromatic rings. The van der Waals surface area contributed by atoms with Gasteiger partial charge in [0.25, 0.3) is 5.91 Å². The van der Waals surface area contributed by atoms with Crippen LogP contribution in [-0.2, 0) is 9.53 Å². The van der Waals surface area contributed by atoms with Gasteiger partial charge in [0.05, 0.1) is 17.3 Å². The number of carbonyl (C=O) groups excluding carboxylic acids is 1. The van der Waals surface area contributed by atoms with Crippen molar-refractivity contribution < 1.29 is 9.53 Å². The lowest BCUT2D eigenvalue weighted by Gasteiger charge is -2.23. The Morgan fingerprint density at radius 1 is 1.45 bits per heavy atom. The van der Waals surface area contributed by atoms with Gasteiger partial charge in [0.15, 0.2) is 0 Å². The summed E-state index contributed by atoms with van der Waals surface area (Å²) in [5.74, 6) is -0.187. The number of halogens is 1. The van der Waals surface area contributed by atoms with Crippen molar-refractivity contribution in [2.45, 2.75) is 6.10 Å². The van der Waals surface area contributed by atoms with E-state index in [2.05, 4.69) is 15.6 Å². The first-order chi connectivity index (χ1) is 9.75. The van der Waals surface area contributed by atoms with Crippen molar-refractivity contribution in [3.63, 3.8) is 0 Å². The number of ether oxygens (including phenoxy) is 1. The molecule has 20 heavy (non-hydrogen) atoms. The maximum absolute atomic E-state index is 12.1. The number of aromatic nitrogens is 1. The van der Waals surface area contributed by atoms with Crippen LogP contribution in [0, 0.1) is 0 Å². The summed E-state index contributed by atoms with van der Waals surface area (Å²) in [5, 5.41) is 8.25. The molecule has 0 radical (unpaired) electrons. The van der Waals surface area contributed by atoms with E-state index in [9.17, 15) is 4.79 Å². The smallest absolute Gasteiger partial charge is 0.254 e. The average molecular weight is 292 g/mol. The first kappa shape index (κ1) is 13.3. The Kier molecular flexibility index (Phi) is 3.82. The summed E-state index contributed by atoms with van der Waals surface area (Å²) < 4.78 is 5.41. The fourth-order valence-electron chi connectivity index (χ4n) is 2.17. The van der Waals surface area contributed by atoms with E-state index < -0.39 is 6.10 Å². The Morgan fingerprint density at radius 3 is 3.15 bits per heavy atom. The SMILES string of the molecule is O=C(Nc1ccc2cnccc2c1Cl)C1CNCCO1. The van der Waals surface area contributed by atoms with Crippen molar-refractivity contribution in [2.24, 2.45) is 0 Å². The van der Waals surface area contributed by atoms with E-state index in [1.807, 2.05) is 12.1 Å². The molecule has 1 aromatic carbocycles. The molecular weight excluding hydrogens is 278 g/mol. The Morgan fingerprint density at radius 2 is 2.35 bits per heavy atom. The van der Waals surface area contributed by atoms with Crippen LogP contribution in [0.25, 0.3) is 10.8 Å². The van der Waals surface area contributed by atoms with Crippen molar-refractivity contribution in [1.82, 2.24) is 10.3 Å². The summed E-state index contributed by atoms with van der Waals surface area (Å²) in [6, 6.07) is 5.48. The summed E-state index contributed by atoms with van der Waals surface area (Å²) in [7, 11) is 0. The second kappa shape index (κ2) is 5.75. The van der Waals surface area contributed by atoms with Crippen LogP contribution in [0.15, 0.2) is 30.6 Å². The third kappa shape index (κ3) is 2.60. The summed E-state index contributed by atoms with van der Waals surface area (Å²) in [6.07, 6.45) is 2.93. The van der Waals surface area contributed by atoms with Gasteiger partial charge < -0.3 is 15.4 Å². The standard InChI is InChI=1S/C14H14ClN3O2/c15-13-10-3-4-16-7-9(10)1-2-11(13)18-14(19)12-8-17-5-6-20-12/h1-4,7,12,17H,5-6,8H2,(H,18,19). The minimum absolute atomic E-state index is 0.187. The van der Waals surface area contributed by atoms with E-state index in [0.717, 1.165) is 17.3 Å². The fraction of sp³-hybridized carbons (Fsp3) is 0.286. The van der Waals surface area contributed by atoms with E-state index >= 15 is 0 Å². The Labute approximate surface area is 121 Å². The molecule has 0 bridgehead atoms. The molecule has 2 N–H and O–H groups in total. The number of pyridine rings is 1. The van der Waals surface area contributed by atoms with Crippen molar-refractivity contribution in [2.75, 3.05) is 25.0 Å². The van der Waals surface area contributed by atoms with Gasteiger partial charge in [-0.2, -0.15) is 0 Å². The highest BCUT2D eigenvalue weighted by molar-refractivity contribution is 6.38. The van der Waals surface area contributed by atoms with Crippen molar-refractivity contribution >= 4 is 34.0 Å². The van der Waals surface area contributed by atoms with E-state index in [-0.39, 0.29) is 5.91 Å². The molecule has 1 aliphatic rings. The number of rotatable bonds is 2. The molecule has 0 aliphatic carbocycles. The minimum Gasteiger partial charge on any atom is -0.366 e. The number of nitrogens with zero attached hydrogens (tertiary/aromatic N) is 1. The number of hydrogen-bond acceptors (Lipinski definition) is 4. The lowest BCUT2D eigenvalue weighted by atomic mass is 10.1. The topological polar surface area (TPSA) is 63.2 Å². The Bertz CT molecular complexity index is 641. The molecule has 0 spiro atoms. The monoisotopic (exact) mass is 291 g/mol. The number of carbonyl (C=O) groups is 1. The molecule has 5 nitrogen and oxygen atoms in total. The van der Waals surface area contributed by atoms with Crippen LogP contribution in [0.4, 0.5) is 5.69 Å².